The van der Waals surface area contributed by atoms with Crippen molar-refractivity contribution in [3.8, 4) is 0 Å². The van der Waals surface area contributed by atoms with Gasteiger partial charge in [-0.3, -0.25) is 0 Å². The van der Waals surface area contributed by atoms with Crippen LogP contribution in [0.2, 0.25) is 0 Å². The van der Waals surface area contributed by atoms with E-state index in [1.54, 1.807) is 12.2 Å². The number of unbranched alkanes of at least 4 members (excludes halogenated alkanes) is 1. The van der Waals surface area contributed by atoms with E-state index in [1.807, 2.05) is 9.13 Å². The van der Waals surface area contributed by atoms with E-state index in [-0.39, 0.29) is 59.1 Å². The predicted molar refractivity (Wildman–Crippen MR) is 88.3 cm³/mol. The van der Waals surface area contributed by atoms with Crippen LogP contribution in [0.1, 0.15) is 24.5 Å². The fraction of sp³-hybridized carbons (Fsp3) is 0.429. The summed E-state index contributed by atoms with van der Waals surface area (Å²) in [6, 6.07) is 0. The molecule has 0 spiro atoms. The van der Waals surface area contributed by atoms with Crippen LogP contribution in [0.25, 0.3) is 0 Å². The number of hydrogen-bond acceptors (Lipinski definition) is 6. The summed E-state index contributed by atoms with van der Waals surface area (Å²) in [4.78, 5) is 0. The molecule has 0 atom stereocenters. The smallest absolute Gasteiger partial charge is 0.740 e. The zero-order chi connectivity index (χ0) is 15.9. The molecule has 2 aromatic rings. The van der Waals surface area contributed by atoms with Gasteiger partial charge in [-0.2, -0.15) is 10.2 Å². The summed E-state index contributed by atoms with van der Waals surface area (Å²) < 4.78 is 3.81. The summed E-state index contributed by atoms with van der Waals surface area (Å²) in [5.41, 5.74) is 0. The first-order chi connectivity index (χ1) is 10.7. The molecule has 0 fully saturated rings. The van der Waals surface area contributed by atoms with Gasteiger partial charge in [0.25, 0.3) is 0 Å². The third-order valence-electron chi connectivity index (χ3n) is 3.26. The molecule has 2 rings (SSSR count). The maximum absolute atomic E-state index is 5.14. The van der Waals surface area contributed by atoms with E-state index in [9.17, 15) is 0 Å². The van der Waals surface area contributed by atoms with Crippen molar-refractivity contribution in [1.29, 1.82) is 0 Å². The minimum atomic E-state index is 0. The monoisotopic (exact) mass is 380 g/mol. The number of nitrogens with zero attached hydrogens (tertiary/aromatic N) is 6. The van der Waals surface area contributed by atoms with Gasteiger partial charge in [0.1, 0.15) is 11.6 Å². The Balaban J connectivity index is 0.00000264. The van der Waals surface area contributed by atoms with Crippen LogP contribution in [-0.2, 0) is 51.2 Å². The molecule has 118 valence electrons. The van der Waals surface area contributed by atoms with Crippen molar-refractivity contribution < 1.29 is 59.1 Å². The quantitative estimate of drug-likeness (QED) is 0.190. The molecule has 24 heavy (non-hydrogen) atoms. The fourth-order valence-electron chi connectivity index (χ4n) is 2.20. The molecule has 0 aliphatic carbocycles. The average molecular weight is 380 g/mol. The molecule has 0 N–H and O–H groups in total. The molecule has 0 aliphatic rings. The summed E-state index contributed by atoms with van der Waals surface area (Å²) >= 11 is 10.3. The molecule has 0 radical (unpaired) electrons. The van der Waals surface area contributed by atoms with Gasteiger partial charge in [0, 0.05) is 36.2 Å². The Morgan fingerprint density at radius 3 is 1.46 bits per heavy atom. The van der Waals surface area contributed by atoms with Crippen molar-refractivity contribution in [2.24, 2.45) is 0 Å². The molecule has 10 heteroatoms. The first-order valence-corrected chi connectivity index (χ1v) is 7.89. The standard InChI is InChI=1S/C14H20N6S2.2Na/c1-3-9-19-11(15-17-13(19)21)7-5-6-8-12-16-18-14(22)20(12)10-4-2;;/h3-4H,1-2,5-10H2,(H,17,21)(H,18,22);;/q;2*+1/p-2. The van der Waals surface area contributed by atoms with Gasteiger partial charge in [-0.25, -0.2) is 0 Å². The maximum atomic E-state index is 5.14. The van der Waals surface area contributed by atoms with E-state index in [1.165, 1.54) is 0 Å². The molecule has 0 saturated carbocycles. The maximum Gasteiger partial charge on any atom is 1.00 e. The van der Waals surface area contributed by atoms with Gasteiger partial charge in [0.15, 0.2) is 0 Å². The first-order valence-electron chi connectivity index (χ1n) is 7.07. The van der Waals surface area contributed by atoms with Crippen LogP contribution in [0.15, 0.2) is 35.6 Å². The molecular weight excluding hydrogens is 362 g/mol. The number of aryl methyl sites for hydroxylation is 2. The van der Waals surface area contributed by atoms with Crippen molar-refractivity contribution >= 4 is 25.3 Å². The minimum absolute atomic E-state index is 0. The van der Waals surface area contributed by atoms with Crippen LogP contribution in [0.5, 0.6) is 0 Å². The molecule has 0 bridgehead atoms. The summed E-state index contributed by atoms with van der Waals surface area (Å²) in [7, 11) is 0. The minimum Gasteiger partial charge on any atom is -0.740 e. The third kappa shape index (κ3) is 6.49. The van der Waals surface area contributed by atoms with E-state index < -0.39 is 0 Å². The first kappa shape index (κ1) is 24.2. The SMILES string of the molecule is C=CCn1c([S-])nnc1CCCCc1nnc([S-])n1CC=C.[Na+].[Na+]. The Labute approximate surface area is 198 Å². The van der Waals surface area contributed by atoms with Gasteiger partial charge < -0.3 is 34.4 Å². The van der Waals surface area contributed by atoms with Crippen molar-refractivity contribution in [2.75, 3.05) is 0 Å². The molecule has 0 aliphatic heterocycles. The van der Waals surface area contributed by atoms with E-state index in [4.69, 9.17) is 25.3 Å². The van der Waals surface area contributed by atoms with Gasteiger partial charge in [-0.05, 0) is 12.8 Å². The van der Waals surface area contributed by atoms with Gasteiger partial charge >= 0.3 is 59.1 Å². The van der Waals surface area contributed by atoms with Gasteiger partial charge in [-0.15, -0.1) is 23.4 Å². The Kier molecular flexibility index (Phi) is 12.6. The number of allylic oxidation sites excluding steroid dienone is 2. The summed E-state index contributed by atoms with van der Waals surface area (Å²) in [6.45, 7) is 8.74. The van der Waals surface area contributed by atoms with Crippen LogP contribution < -0.4 is 59.1 Å². The van der Waals surface area contributed by atoms with Gasteiger partial charge in [0.2, 0.25) is 0 Å². The number of aromatic nitrogens is 6. The molecule has 0 aromatic carbocycles. The number of rotatable bonds is 9. The Morgan fingerprint density at radius 1 is 0.750 bits per heavy atom. The zero-order valence-corrected chi connectivity index (χ0v) is 19.9. The normalized spacial score (nSPS) is 9.83. The molecule has 0 saturated heterocycles. The predicted octanol–water partition coefficient (Wildman–Crippen LogP) is -4.37. The molecule has 6 nitrogen and oxygen atoms in total. The molecule has 0 amide bonds. The van der Waals surface area contributed by atoms with Gasteiger partial charge in [-0.1, -0.05) is 12.2 Å². The molecular formula is C14H18N6Na2S2. The van der Waals surface area contributed by atoms with Crippen LogP contribution in [0.4, 0.5) is 0 Å². The summed E-state index contributed by atoms with van der Waals surface area (Å²) in [6.07, 6.45) is 7.19. The van der Waals surface area contributed by atoms with Gasteiger partial charge in [0.05, 0.1) is 0 Å². The Hall–Kier alpha value is 0.200. The van der Waals surface area contributed by atoms with Crippen LogP contribution in [0.3, 0.4) is 0 Å². The van der Waals surface area contributed by atoms with E-state index >= 15 is 0 Å². The topological polar surface area (TPSA) is 61.4 Å². The van der Waals surface area contributed by atoms with Crippen molar-refractivity contribution in [2.45, 2.75) is 49.1 Å². The molecule has 0 unspecified atom stereocenters. The van der Waals surface area contributed by atoms with Crippen molar-refractivity contribution in [3.05, 3.63) is 37.0 Å². The second-order valence-electron chi connectivity index (χ2n) is 4.80. The van der Waals surface area contributed by atoms with Crippen LogP contribution in [0, 0.1) is 0 Å². The van der Waals surface area contributed by atoms with Crippen LogP contribution >= 0.6 is 0 Å². The Morgan fingerprint density at radius 2 is 1.12 bits per heavy atom. The molecule has 2 aromatic heterocycles. The number of hydrogen-bond donors (Lipinski definition) is 0. The summed E-state index contributed by atoms with van der Waals surface area (Å²) in [5, 5.41) is 17.2. The second-order valence-corrected chi connectivity index (χ2v) is 5.53. The van der Waals surface area contributed by atoms with Crippen molar-refractivity contribution in [3.63, 3.8) is 0 Å². The molecule has 2 heterocycles. The van der Waals surface area contributed by atoms with Crippen molar-refractivity contribution in [1.82, 2.24) is 29.5 Å². The average Bonchev–Trinajstić information content (AvgIpc) is 3.02. The largest absolute Gasteiger partial charge is 1.00 e. The second kappa shape index (κ2) is 12.5. The van der Waals surface area contributed by atoms with E-state index in [0.717, 1.165) is 37.3 Å². The summed E-state index contributed by atoms with van der Waals surface area (Å²) in [5.74, 6) is 1.81. The fourth-order valence-corrected chi connectivity index (χ4v) is 2.64. The zero-order valence-electron chi connectivity index (χ0n) is 14.3. The third-order valence-corrected chi connectivity index (χ3v) is 3.87. The van der Waals surface area contributed by atoms with E-state index in [2.05, 4.69) is 33.6 Å². The van der Waals surface area contributed by atoms with Crippen LogP contribution in [-0.4, -0.2) is 29.5 Å². The Bertz CT molecular complexity index is 599. The van der Waals surface area contributed by atoms with E-state index in [0.29, 0.717) is 23.4 Å².